The van der Waals surface area contributed by atoms with Gasteiger partial charge in [0.05, 0.1) is 11.4 Å². The summed E-state index contributed by atoms with van der Waals surface area (Å²) in [5.41, 5.74) is 22.0. The van der Waals surface area contributed by atoms with Gasteiger partial charge in [0.2, 0.25) is 23.6 Å². The molecule has 2 fully saturated rings. The Hall–Kier alpha value is -5.53. The second-order valence-corrected chi connectivity index (χ2v) is 27.5. The number of rotatable bonds is 16. The Bertz CT molecular complexity index is 2220. The van der Waals surface area contributed by atoms with E-state index < -0.39 is 0 Å². The maximum absolute atomic E-state index is 11.0. The molecule has 2 aromatic carbocycles. The van der Waals surface area contributed by atoms with Gasteiger partial charge in [-0.2, -0.15) is 25.5 Å². The van der Waals surface area contributed by atoms with Crippen LogP contribution in [-0.4, -0.2) is 58.7 Å². The largest absolute Gasteiger partial charge is 0.310 e. The molecule has 0 heterocycles. The van der Waals surface area contributed by atoms with Gasteiger partial charge in [-0.1, -0.05) is 217 Å². The van der Waals surface area contributed by atoms with Gasteiger partial charge in [-0.25, -0.2) is 21.7 Å². The van der Waals surface area contributed by atoms with Crippen molar-refractivity contribution in [2.45, 2.75) is 256 Å². The molecule has 4 amide bonds. The van der Waals surface area contributed by atoms with Gasteiger partial charge in [0.25, 0.3) is 0 Å². The van der Waals surface area contributed by atoms with Crippen LogP contribution in [-0.2, 0) is 19.2 Å². The van der Waals surface area contributed by atoms with E-state index in [0.29, 0.717) is 11.8 Å². The highest BCUT2D eigenvalue weighted by Gasteiger charge is 2.26. The minimum absolute atomic E-state index is 0.0766. The van der Waals surface area contributed by atoms with Crippen molar-refractivity contribution in [2.75, 3.05) is 6.54 Å². The van der Waals surface area contributed by atoms with Gasteiger partial charge in [0.15, 0.2) is 0 Å². The first kappa shape index (κ1) is 77.5. The second-order valence-electron chi connectivity index (χ2n) is 27.5. The summed E-state index contributed by atoms with van der Waals surface area (Å²) >= 11 is 0. The molecule has 2 aliphatic carbocycles. The van der Waals surface area contributed by atoms with Crippen molar-refractivity contribution in [3.63, 3.8) is 0 Å². The Labute approximate surface area is 494 Å². The van der Waals surface area contributed by atoms with Gasteiger partial charge in [-0.3, -0.25) is 19.2 Å². The van der Waals surface area contributed by atoms with Crippen molar-refractivity contribution in [3.8, 4) is 0 Å². The Morgan fingerprint density at radius 3 is 1.01 bits per heavy atom. The predicted molar refractivity (Wildman–Crippen MR) is 348 cm³/mol. The van der Waals surface area contributed by atoms with Crippen LogP contribution in [0, 0.1) is 38.9 Å². The van der Waals surface area contributed by atoms with Gasteiger partial charge in [0.1, 0.15) is 0 Å². The maximum Gasteiger partial charge on any atom is 0.236 e. The van der Waals surface area contributed by atoms with Gasteiger partial charge >= 0.3 is 0 Å². The minimum Gasteiger partial charge on any atom is -0.310 e. The zero-order chi connectivity index (χ0) is 62.5. The molecule has 0 aliphatic heterocycles. The smallest absolute Gasteiger partial charge is 0.236 e. The average molecular weight is 1130 g/mol. The van der Waals surface area contributed by atoms with Crippen molar-refractivity contribution in [3.05, 3.63) is 71.8 Å². The second kappa shape index (κ2) is 40.6. The van der Waals surface area contributed by atoms with E-state index in [9.17, 15) is 19.2 Å². The van der Waals surface area contributed by atoms with E-state index in [2.05, 4.69) is 188 Å². The number of amides is 4. The normalized spacial score (nSPS) is 15.0. The number of hydrogen-bond acceptors (Lipinski definition) is 10. The molecule has 2 aromatic rings. The first-order chi connectivity index (χ1) is 37.5. The number of hydrazone groups is 5. The lowest BCUT2D eigenvalue weighted by Gasteiger charge is -2.27. The van der Waals surface area contributed by atoms with Crippen LogP contribution in [0.25, 0.3) is 0 Å². The number of carbonyl (C=O) groups excluding carboxylic acids is 4. The molecule has 0 radical (unpaired) electrons. The van der Waals surface area contributed by atoms with E-state index in [4.69, 9.17) is 0 Å². The maximum atomic E-state index is 11.0. The van der Waals surface area contributed by atoms with E-state index >= 15 is 0 Å². The molecule has 2 saturated carbocycles. The first-order valence-electron chi connectivity index (χ1n) is 30.2. The summed E-state index contributed by atoms with van der Waals surface area (Å²) < 4.78 is 0. The molecule has 460 valence electrons. The van der Waals surface area contributed by atoms with E-state index in [-0.39, 0.29) is 50.7 Å². The number of carbonyl (C=O) groups is 4. The standard InChI is InChI=1S/C15H24N2.C14H26N2O.C14H20N2O.C13H24N2O.C9H18N2O.C2H6/c1-5-11-16-17-14(12-15(2,3)4)13-9-7-6-8-10-13;2*1-11(17)15-16-13(10-14(2,3)4)12-8-6-5-7-9-12;1-10(16)14-15-12(9-13(2,3)4)11-7-5-6-8-11;1-7(6-9(3,4)5)10-11-8(2)12;1-2/h6-10,16H,5,11-12H2,1-4H3;12H,5-10H2,1-4H3,(H,15,17);5-9H,10H2,1-4H3,(H,15,17);11H,5-9H2,1-4H3,(H,14,16);6H2,1-5H3,(H,11,12);1-2H3. The van der Waals surface area contributed by atoms with Crippen molar-refractivity contribution >= 4 is 52.2 Å². The van der Waals surface area contributed by atoms with E-state index in [0.717, 1.165) is 67.8 Å². The summed E-state index contributed by atoms with van der Waals surface area (Å²) in [6.45, 7) is 47.8. The van der Waals surface area contributed by atoms with Crippen LogP contribution in [0.5, 0.6) is 0 Å². The van der Waals surface area contributed by atoms with Crippen LogP contribution >= 0.6 is 0 Å². The highest BCUT2D eigenvalue weighted by molar-refractivity contribution is 6.01. The molecule has 0 atom stereocenters. The van der Waals surface area contributed by atoms with E-state index in [1.807, 2.05) is 57.2 Å². The van der Waals surface area contributed by atoms with Crippen molar-refractivity contribution in [1.82, 2.24) is 27.1 Å². The third-order valence-electron chi connectivity index (χ3n) is 11.8. The summed E-state index contributed by atoms with van der Waals surface area (Å²) in [6.07, 6.45) is 17.2. The summed E-state index contributed by atoms with van der Waals surface area (Å²) in [5, 5.41) is 21.3. The molecule has 0 aromatic heterocycles. The molecular weight excluding hydrogens is 1010 g/mol. The number of nitrogens with one attached hydrogen (secondary N) is 5. The SMILES string of the molecule is CC.CC(=O)NN=C(C)CC(C)(C)C.CC(=O)NN=C(CC(C)(C)C)C1CCCC1.CC(=O)NN=C(CC(C)(C)C)C1CCCCC1.CC(=O)NN=C(CC(C)(C)C)c1ccccc1.CCCNN=C(CC(C)(C)C)c1ccccc1. The zero-order valence-corrected chi connectivity index (χ0v) is 55.6. The summed E-state index contributed by atoms with van der Waals surface area (Å²) in [5.74, 6) is 0.744. The lowest BCUT2D eigenvalue weighted by atomic mass is 9.79. The fourth-order valence-corrected chi connectivity index (χ4v) is 8.70. The molecule has 5 N–H and O–H groups in total. The third-order valence-corrected chi connectivity index (χ3v) is 11.8. The molecule has 0 bridgehead atoms. The van der Waals surface area contributed by atoms with Gasteiger partial charge in [-0.05, 0) is 121 Å². The lowest BCUT2D eigenvalue weighted by molar-refractivity contribution is -0.119. The molecule has 2 aliphatic rings. The van der Waals surface area contributed by atoms with Gasteiger partial charge < -0.3 is 5.43 Å². The fraction of sp³-hybridized carbons (Fsp3) is 0.687. The van der Waals surface area contributed by atoms with Crippen molar-refractivity contribution in [1.29, 1.82) is 0 Å². The predicted octanol–water partition coefficient (Wildman–Crippen LogP) is 16.4. The summed E-state index contributed by atoms with van der Waals surface area (Å²) in [7, 11) is 0. The van der Waals surface area contributed by atoms with Gasteiger partial charge in [0, 0.05) is 51.4 Å². The fourth-order valence-electron chi connectivity index (χ4n) is 8.70. The van der Waals surface area contributed by atoms with Gasteiger partial charge in [-0.15, -0.1) is 0 Å². The quantitative estimate of drug-likeness (QED) is 0.0634. The van der Waals surface area contributed by atoms with Crippen LogP contribution in [0.2, 0.25) is 0 Å². The molecule has 14 heteroatoms. The topological polar surface area (TPSA) is 190 Å². The minimum atomic E-state index is -0.146. The molecule has 0 spiro atoms. The molecule has 0 saturated heterocycles. The van der Waals surface area contributed by atoms with Crippen LogP contribution in [0.3, 0.4) is 0 Å². The third kappa shape index (κ3) is 46.7. The monoisotopic (exact) mass is 1130 g/mol. The summed E-state index contributed by atoms with van der Waals surface area (Å²) in [6, 6.07) is 20.3. The highest BCUT2D eigenvalue weighted by Crippen LogP contribution is 2.32. The molecule has 14 nitrogen and oxygen atoms in total. The number of hydrogen-bond donors (Lipinski definition) is 5. The molecule has 4 rings (SSSR count). The Morgan fingerprint density at radius 1 is 0.407 bits per heavy atom. The van der Waals surface area contributed by atoms with Crippen LogP contribution in [0.1, 0.15) is 267 Å². The number of nitrogens with zero attached hydrogens (tertiary/aromatic N) is 5. The average Bonchev–Trinajstić information content (AvgIpc) is 3.90. The van der Waals surface area contributed by atoms with Crippen LogP contribution < -0.4 is 27.1 Å². The Kier molecular flexibility index (Phi) is 38.9. The first-order valence-corrected chi connectivity index (χ1v) is 30.2. The van der Waals surface area contributed by atoms with Crippen molar-refractivity contribution in [2.24, 2.45) is 64.4 Å². The highest BCUT2D eigenvalue weighted by atomic mass is 16.2. The Balaban J connectivity index is 0. The number of benzene rings is 2. The van der Waals surface area contributed by atoms with Crippen molar-refractivity contribution < 1.29 is 19.2 Å². The van der Waals surface area contributed by atoms with E-state index in [1.54, 1.807) is 0 Å². The lowest BCUT2D eigenvalue weighted by Crippen LogP contribution is -2.26. The molecular formula is C67H118N10O4. The Morgan fingerprint density at radius 2 is 0.704 bits per heavy atom. The zero-order valence-electron chi connectivity index (χ0n) is 55.6. The van der Waals surface area contributed by atoms with Crippen LogP contribution in [0.15, 0.2) is 86.2 Å². The summed E-state index contributed by atoms with van der Waals surface area (Å²) in [4.78, 5) is 43.3. The van der Waals surface area contributed by atoms with E-state index in [1.165, 1.54) is 102 Å². The van der Waals surface area contributed by atoms with Crippen LogP contribution in [0.4, 0.5) is 0 Å². The molecule has 0 unspecified atom stereocenters. The molecule has 81 heavy (non-hydrogen) atoms.